The molecule has 0 radical (unpaired) electrons. The summed E-state index contributed by atoms with van der Waals surface area (Å²) in [4.78, 5) is 0. The molecule has 1 unspecified atom stereocenters. The van der Waals surface area contributed by atoms with Crippen molar-refractivity contribution >= 4 is 9.84 Å². The van der Waals surface area contributed by atoms with Crippen LogP contribution in [0.4, 0.5) is 0 Å². The Morgan fingerprint density at radius 2 is 2.27 bits per heavy atom. The highest BCUT2D eigenvalue weighted by Gasteiger charge is 2.32. The highest BCUT2D eigenvalue weighted by Crippen LogP contribution is 2.28. The van der Waals surface area contributed by atoms with Crippen LogP contribution in [0.1, 0.15) is 38.1 Å². The average molecular weight is 229 g/mol. The number of rotatable bonds is 2. The maximum absolute atomic E-state index is 11.4. The predicted molar refractivity (Wildman–Crippen MR) is 56.4 cm³/mol. The van der Waals surface area contributed by atoms with Gasteiger partial charge in [0.25, 0.3) is 0 Å². The summed E-state index contributed by atoms with van der Waals surface area (Å²) < 4.78 is 24.7. The van der Waals surface area contributed by atoms with Crippen molar-refractivity contribution in [1.29, 1.82) is 0 Å². The van der Waals surface area contributed by atoms with Crippen LogP contribution in [-0.4, -0.2) is 34.7 Å². The quantitative estimate of drug-likeness (QED) is 0.751. The van der Waals surface area contributed by atoms with E-state index in [9.17, 15) is 8.42 Å². The molecule has 5 nitrogen and oxygen atoms in total. The third-order valence-corrected chi connectivity index (χ3v) is 4.52. The third-order valence-electron chi connectivity index (χ3n) is 2.75. The average Bonchev–Trinajstić information content (AvgIpc) is 2.69. The molecule has 6 heteroatoms. The first kappa shape index (κ1) is 10.6. The van der Waals surface area contributed by atoms with E-state index in [4.69, 9.17) is 0 Å². The molecule has 84 valence electrons. The van der Waals surface area contributed by atoms with Gasteiger partial charge in [-0.1, -0.05) is 0 Å². The summed E-state index contributed by atoms with van der Waals surface area (Å²) in [7, 11) is -2.85. The van der Waals surface area contributed by atoms with Crippen LogP contribution in [0.15, 0.2) is 6.33 Å². The second kappa shape index (κ2) is 3.59. The van der Waals surface area contributed by atoms with Crippen molar-refractivity contribution in [3.05, 3.63) is 12.2 Å². The number of sulfone groups is 1. The van der Waals surface area contributed by atoms with Crippen molar-refractivity contribution in [2.45, 2.75) is 32.2 Å². The molecule has 0 bridgehead atoms. The topological polar surface area (TPSA) is 64.8 Å². The van der Waals surface area contributed by atoms with Gasteiger partial charge in [0.2, 0.25) is 0 Å². The fourth-order valence-corrected chi connectivity index (χ4v) is 3.68. The van der Waals surface area contributed by atoms with Gasteiger partial charge >= 0.3 is 0 Å². The highest BCUT2D eigenvalue weighted by molar-refractivity contribution is 7.91. The lowest BCUT2D eigenvalue weighted by Gasteiger charge is -2.13. The predicted octanol–water partition coefficient (Wildman–Crippen LogP) is 0.761. The molecule has 2 rings (SSSR count). The minimum atomic E-state index is -2.85. The molecule has 0 aliphatic carbocycles. The van der Waals surface area contributed by atoms with Crippen molar-refractivity contribution in [3.63, 3.8) is 0 Å². The Hall–Kier alpha value is -0.910. The Bertz CT molecular complexity index is 450. The molecule has 0 N–H and O–H groups in total. The summed E-state index contributed by atoms with van der Waals surface area (Å²) in [6.07, 6.45) is 2.35. The van der Waals surface area contributed by atoms with E-state index in [1.54, 1.807) is 6.33 Å². The number of nitrogens with zero attached hydrogens (tertiary/aromatic N) is 3. The lowest BCUT2D eigenvalue weighted by Crippen LogP contribution is -2.12. The van der Waals surface area contributed by atoms with Gasteiger partial charge in [0, 0.05) is 12.0 Å². The van der Waals surface area contributed by atoms with Crippen LogP contribution in [0, 0.1) is 0 Å². The van der Waals surface area contributed by atoms with Crippen molar-refractivity contribution in [2.24, 2.45) is 0 Å². The molecular weight excluding hydrogens is 214 g/mol. The van der Waals surface area contributed by atoms with Crippen LogP contribution >= 0.6 is 0 Å². The largest absolute Gasteiger partial charge is 0.315 e. The summed E-state index contributed by atoms with van der Waals surface area (Å²) in [5.41, 5.74) is 0. The zero-order valence-corrected chi connectivity index (χ0v) is 9.74. The van der Waals surface area contributed by atoms with Gasteiger partial charge in [-0.3, -0.25) is 0 Å². The summed E-state index contributed by atoms with van der Waals surface area (Å²) in [6, 6.07) is 0.276. The van der Waals surface area contributed by atoms with E-state index < -0.39 is 9.84 Å². The number of hydrogen-bond acceptors (Lipinski definition) is 4. The summed E-state index contributed by atoms with van der Waals surface area (Å²) in [6.45, 7) is 4.08. The highest BCUT2D eigenvalue weighted by atomic mass is 32.2. The Morgan fingerprint density at radius 1 is 1.53 bits per heavy atom. The molecule has 0 spiro atoms. The first-order chi connectivity index (χ1) is 6.99. The molecule has 1 aromatic heterocycles. The molecule has 15 heavy (non-hydrogen) atoms. The van der Waals surface area contributed by atoms with Gasteiger partial charge in [-0.2, -0.15) is 0 Å². The van der Waals surface area contributed by atoms with Crippen molar-refractivity contribution in [1.82, 2.24) is 14.8 Å². The van der Waals surface area contributed by atoms with Crippen molar-refractivity contribution in [2.75, 3.05) is 11.5 Å². The first-order valence-electron chi connectivity index (χ1n) is 5.09. The molecule has 0 saturated carbocycles. The molecule has 0 amide bonds. The smallest absolute Gasteiger partial charge is 0.151 e. The molecule has 1 aliphatic heterocycles. The summed E-state index contributed by atoms with van der Waals surface area (Å²) in [5, 5.41) is 7.89. The second-order valence-corrected chi connectivity index (χ2v) is 6.52. The lowest BCUT2D eigenvalue weighted by atomic mass is 10.1. The van der Waals surface area contributed by atoms with Gasteiger partial charge < -0.3 is 4.57 Å². The number of hydrogen-bond donors (Lipinski definition) is 0. The maximum atomic E-state index is 11.4. The monoisotopic (exact) mass is 229 g/mol. The SMILES string of the molecule is CC(C)n1cnnc1C1CCS(=O)(=O)C1. The Balaban J connectivity index is 2.28. The normalized spacial score (nSPS) is 24.9. The fraction of sp³-hybridized carbons (Fsp3) is 0.778. The van der Waals surface area contributed by atoms with E-state index in [-0.39, 0.29) is 23.5 Å². The van der Waals surface area contributed by atoms with Crippen LogP contribution in [0.5, 0.6) is 0 Å². The van der Waals surface area contributed by atoms with Crippen LogP contribution in [0.3, 0.4) is 0 Å². The van der Waals surface area contributed by atoms with Crippen LogP contribution in [0.2, 0.25) is 0 Å². The molecular formula is C9H15N3O2S. The Labute approximate surface area is 89.4 Å². The van der Waals surface area contributed by atoms with Crippen LogP contribution in [0.25, 0.3) is 0 Å². The molecule has 2 heterocycles. The molecule has 1 aromatic rings. The minimum Gasteiger partial charge on any atom is -0.315 e. The van der Waals surface area contributed by atoms with Gasteiger partial charge in [-0.05, 0) is 20.3 Å². The van der Waals surface area contributed by atoms with E-state index in [1.165, 1.54) is 0 Å². The second-order valence-electron chi connectivity index (χ2n) is 4.29. The zero-order valence-electron chi connectivity index (χ0n) is 8.92. The van der Waals surface area contributed by atoms with Gasteiger partial charge in [0.15, 0.2) is 9.84 Å². The third kappa shape index (κ3) is 2.04. The molecule has 0 aromatic carbocycles. The maximum Gasteiger partial charge on any atom is 0.151 e. The van der Waals surface area contributed by atoms with Gasteiger partial charge in [0.1, 0.15) is 12.2 Å². The Kier molecular flexibility index (Phi) is 2.54. The molecule has 1 aliphatic rings. The van der Waals surface area contributed by atoms with E-state index in [0.717, 1.165) is 5.82 Å². The summed E-state index contributed by atoms with van der Waals surface area (Å²) >= 11 is 0. The fourth-order valence-electron chi connectivity index (χ4n) is 1.94. The van der Waals surface area contributed by atoms with E-state index in [1.807, 2.05) is 18.4 Å². The van der Waals surface area contributed by atoms with Crippen molar-refractivity contribution < 1.29 is 8.42 Å². The standard InChI is InChI=1S/C9H15N3O2S/c1-7(2)12-6-10-11-9(12)8-3-4-15(13,14)5-8/h6-8H,3-5H2,1-2H3. The van der Waals surface area contributed by atoms with Gasteiger partial charge in [0.05, 0.1) is 11.5 Å². The first-order valence-corrected chi connectivity index (χ1v) is 6.91. The molecule has 1 atom stereocenters. The van der Waals surface area contributed by atoms with Crippen LogP contribution < -0.4 is 0 Å². The minimum absolute atomic E-state index is 0.0277. The zero-order chi connectivity index (χ0) is 11.1. The van der Waals surface area contributed by atoms with E-state index in [2.05, 4.69) is 10.2 Å². The van der Waals surface area contributed by atoms with E-state index in [0.29, 0.717) is 6.42 Å². The number of aromatic nitrogens is 3. The Morgan fingerprint density at radius 3 is 2.80 bits per heavy atom. The van der Waals surface area contributed by atoms with Gasteiger partial charge in [-0.25, -0.2) is 8.42 Å². The van der Waals surface area contributed by atoms with Crippen LogP contribution in [-0.2, 0) is 9.84 Å². The lowest BCUT2D eigenvalue weighted by molar-refractivity contribution is 0.540. The van der Waals surface area contributed by atoms with E-state index >= 15 is 0 Å². The van der Waals surface area contributed by atoms with Gasteiger partial charge in [-0.15, -0.1) is 10.2 Å². The summed E-state index contributed by atoms with van der Waals surface area (Å²) in [5.74, 6) is 1.34. The molecule has 1 fully saturated rings. The molecule has 1 saturated heterocycles. The van der Waals surface area contributed by atoms with Crippen molar-refractivity contribution in [3.8, 4) is 0 Å².